The highest BCUT2D eigenvalue weighted by Crippen LogP contribution is 2.47. The van der Waals surface area contributed by atoms with Crippen molar-refractivity contribution in [3.8, 4) is 11.5 Å². The lowest BCUT2D eigenvalue weighted by Gasteiger charge is -2.38. The second-order valence-electron chi connectivity index (χ2n) is 11.5. The van der Waals surface area contributed by atoms with Crippen LogP contribution in [0.25, 0.3) is 0 Å². The third-order valence-corrected chi connectivity index (χ3v) is 7.13. The monoisotopic (exact) mass is 540 g/mol. The maximum Gasteiger partial charge on any atom is 0.573 e. The summed E-state index contributed by atoms with van der Waals surface area (Å²) in [5.41, 5.74) is 5.37. The molecule has 0 radical (unpaired) electrons. The van der Waals surface area contributed by atoms with Gasteiger partial charge in [-0.15, -0.1) is 13.2 Å². The fourth-order valence-electron chi connectivity index (χ4n) is 5.49. The van der Waals surface area contributed by atoms with E-state index in [0.29, 0.717) is 37.2 Å². The average Bonchev–Trinajstić information content (AvgIpc) is 3.54. The maximum atomic E-state index is 13.4. The molecule has 4 rings (SSSR count). The predicted molar refractivity (Wildman–Crippen MR) is 132 cm³/mol. The van der Waals surface area contributed by atoms with Gasteiger partial charge in [0.2, 0.25) is 11.8 Å². The summed E-state index contributed by atoms with van der Waals surface area (Å²) in [7, 11) is 1.56. The molecule has 4 atom stereocenters. The zero-order valence-corrected chi connectivity index (χ0v) is 22.2. The summed E-state index contributed by atoms with van der Waals surface area (Å²) in [5.74, 6) is -0.801. The van der Waals surface area contributed by atoms with Crippen molar-refractivity contribution in [3.05, 3.63) is 23.8 Å². The summed E-state index contributed by atoms with van der Waals surface area (Å²) in [5, 5.41) is 3.01. The molecular weight excluding hydrogens is 505 g/mol. The summed E-state index contributed by atoms with van der Waals surface area (Å²) in [4.78, 5) is 32.4. The molecule has 2 heterocycles. The van der Waals surface area contributed by atoms with Crippen molar-refractivity contribution in [1.29, 1.82) is 0 Å². The number of alkyl halides is 3. The number of carbonyl (C=O) groups is 2. The number of hydrogen-bond acceptors (Lipinski definition) is 7. The van der Waals surface area contributed by atoms with Gasteiger partial charge in [-0.25, -0.2) is 4.99 Å². The minimum atomic E-state index is -4.84. The predicted octanol–water partition coefficient (Wildman–Crippen LogP) is 3.67. The van der Waals surface area contributed by atoms with Crippen molar-refractivity contribution in [2.24, 2.45) is 22.6 Å². The Labute approximate surface area is 219 Å². The molecule has 0 aromatic heterocycles. The van der Waals surface area contributed by atoms with Crippen LogP contribution in [0.4, 0.5) is 13.2 Å². The van der Waals surface area contributed by atoms with E-state index in [1.165, 1.54) is 23.1 Å². The van der Waals surface area contributed by atoms with E-state index in [9.17, 15) is 22.8 Å². The normalized spacial score (nSPS) is 26.5. The fraction of sp³-hybridized carbons (Fsp3) is 0.654. The highest BCUT2D eigenvalue weighted by atomic mass is 19.4. The van der Waals surface area contributed by atoms with Gasteiger partial charge in [0, 0.05) is 37.7 Å². The molecule has 9 nitrogen and oxygen atoms in total. The number of nitrogens with two attached hydrogens (primary N) is 1. The van der Waals surface area contributed by atoms with Crippen molar-refractivity contribution in [3.63, 3.8) is 0 Å². The Bertz CT molecular complexity index is 1120. The number of benzene rings is 1. The number of hydrogen-bond donors (Lipinski definition) is 2. The molecule has 3 aliphatic rings. The molecule has 1 aromatic rings. The van der Waals surface area contributed by atoms with Gasteiger partial charge in [0.05, 0.1) is 18.0 Å². The minimum absolute atomic E-state index is 0.135. The number of nitrogens with zero attached hydrogens (tertiary/aromatic N) is 2. The van der Waals surface area contributed by atoms with Crippen LogP contribution in [0.2, 0.25) is 0 Å². The molecule has 0 spiro atoms. The fourth-order valence-corrected chi connectivity index (χ4v) is 5.49. The van der Waals surface area contributed by atoms with Crippen LogP contribution in [-0.4, -0.2) is 59.9 Å². The Morgan fingerprint density at radius 1 is 1.32 bits per heavy atom. The molecule has 0 bridgehead atoms. The van der Waals surface area contributed by atoms with Crippen LogP contribution in [0.3, 0.4) is 0 Å². The van der Waals surface area contributed by atoms with Crippen LogP contribution < -0.4 is 20.5 Å². The van der Waals surface area contributed by atoms with Gasteiger partial charge in [0.1, 0.15) is 17.1 Å². The third kappa shape index (κ3) is 6.33. The van der Waals surface area contributed by atoms with E-state index in [2.05, 4.69) is 15.0 Å². The van der Waals surface area contributed by atoms with Crippen molar-refractivity contribution < 1.29 is 37.0 Å². The van der Waals surface area contributed by atoms with Crippen LogP contribution in [0.5, 0.6) is 11.5 Å². The van der Waals surface area contributed by atoms with Crippen LogP contribution in [-0.2, 0) is 14.3 Å². The molecule has 1 aliphatic carbocycles. The number of aliphatic imine (C=N–C) groups is 1. The first-order valence-corrected chi connectivity index (χ1v) is 12.6. The lowest BCUT2D eigenvalue weighted by atomic mass is 9.89. The molecule has 0 saturated heterocycles. The van der Waals surface area contributed by atoms with Crippen LogP contribution in [0.1, 0.15) is 65.0 Å². The first kappa shape index (κ1) is 28.0. The molecule has 2 amide bonds. The number of carbonyl (C=O) groups excluding carboxylic acids is 2. The molecule has 1 saturated carbocycles. The Morgan fingerprint density at radius 3 is 2.66 bits per heavy atom. The van der Waals surface area contributed by atoms with E-state index < -0.39 is 29.5 Å². The van der Waals surface area contributed by atoms with E-state index in [0.717, 1.165) is 0 Å². The number of guanidine groups is 1. The average molecular weight is 541 g/mol. The van der Waals surface area contributed by atoms with Crippen LogP contribution in [0, 0.1) is 11.8 Å². The summed E-state index contributed by atoms with van der Waals surface area (Å²) >= 11 is 0. The van der Waals surface area contributed by atoms with Crippen molar-refractivity contribution >= 4 is 17.8 Å². The van der Waals surface area contributed by atoms with E-state index in [1.54, 1.807) is 7.11 Å². The number of halogens is 3. The van der Waals surface area contributed by atoms with Gasteiger partial charge < -0.3 is 25.3 Å². The van der Waals surface area contributed by atoms with Gasteiger partial charge in [-0.2, -0.15) is 0 Å². The maximum absolute atomic E-state index is 13.4. The number of amides is 2. The Balaban J connectivity index is 1.52. The topological polar surface area (TPSA) is 115 Å². The number of ether oxygens (including phenoxy) is 3. The summed E-state index contributed by atoms with van der Waals surface area (Å²) in [6.45, 7) is 7.75. The molecule has 38 heavy (non-hydrogen) atoms. The first-order valence-electron chi connectivity index (χ1n) is 12.6. The van der Waals surface area contributed by atoms with Gasteiger partial charge in [0.25, 0.3) is 0 Å². The molecule has 2 aliphatic heterocycles. The van der Waals surface area contributed by atoms with E-state index in [-0.39, 0.29) is 41.9 Å². The van der Waals surface area contributed by atoms with E-state index in [4.69, 9.17) is 15.2 Å². The van der Waals surface area contributed by atoms with Crippen molar-refractivity contribution in [2.75, 3.05) is 13.7 Å². The van der Waals surface area contributed by atoms with E-state index in [1.807, 2.05) is 27.7 Å². The van der Waals surface area contributed by atoms with Crippen LogP contribution in [0.15, 0.2) is 23.2 Å². The smallest absolute Gasteiger partial charge is 0.487 e. The molecule has 3 N–H and O–H groups in total. The number of methoxy groups -OCH3 is 1. The van der Waals surface area contributed by atoms with Crippen molar-refractivity contribution in [1.82, 2.24) is 10.2 Å². The van der Waals surface area contributed by atoms with Gasteiger partial charge in [-0.3, -0.25) is 14.5 Å². The Hall–Kier alpha value is -3.02. The minimum Gasteiger partial charge on any atom is -0.487 e. The molecular formula is C26H35F3N4O5. The number of rotatable bonds is 8. The first-order chi connectivity index (χ1) is 17.6. The molecule has 12 heteroatoms. The van der Waals surface area contributed by atoms with Gasteiger partial charge in [-0.1, -0.05) is 0 Å². The van der Waals surface area contributed by atoms with Gasteiger partial charge >= 0.3 is 6.36 Å². The lowest BCUT2D eigenvalue weighted by Crippen LogP contribution is -2.55. The molecule has 210 valence electrons. The van der Waals surface area contributed by atoms with E-state index >= 15 is 0 Å². The summed E-state index contributed by atoms with van der Waals surface area (Å²) in [6, 6.07) is 2.92. The van der Waals surface area contributed by atoms with Gasteiger partial charge in [-0.05, 0) is 64.7 Å². The Morgan fingerprint density at radius 2 is 2.03 bits per heavy atom. The lowest BCUT2D eigenvalue weighted by molar-refractivity contribution is -0.274. The van der Waals surface area contributed by atoms with Crippen molar-refractivity contribution in [2.45, 2.75) is 83.0 Å². The number of nitrogens with one attached hydrogen (secondary N) is 1. The zero-order valence-electron chi connectivity index (χ0n) is 22.2. The summed E-state index contributed by atoms with van der Waals surface area (Å²) < 4.78 is 53.7. The summed E-state index contributed by atoms with van der Waals surface area (Å²) in [6.07, 6.45) is -3.26. The quantitative estimate of drug-likeness (QED) is 0.520. The molecule has 1 aromatic carbocycles. The van der Waals surface area contributed by atoms with Crippen LogP contribution >= 0.6 is 0 Å². The Kier molecular flexibility index (Phi) is 7.32. The zero-order chi connectivity index (χ0) is 28.0. The molecule has 2 unspecified atom stereocenters. The largest absolute Gasteiger partial charge is 0.573 e. The highest BCUT2D eigenvalue weighted by Gasteiger charge is 2.52. The highest BCUT2D eigenvalue weighted by molar-refractivity contribution is 5.99. The molecule has 1 fully saturated rings. The van der Waals surface area contributed by atoms with Gasteiger partial charge in [0.15, 0.2) is 5.96 Å². The SMILES string of the molecule is COCC[C@H](C1C[C@H]1C(=O)NC1CC(C)(C)Oc2ccc(OC(F)(F)F)cc21)N1C(=O)CC(C)(C)N=C1N. The number of fused-ring (bicyclic) bond motifs is 1. The second-order valence-corrected chi connectivity index (χ2v) is 11.5. The standard InChI is InChI=1S/C26H35F3N4O5/c1-24(2)13-21(34)33(23(30)32-24)19(8-9-36-5)15-11-16(15)22(35)31-18-12-25(3,4)38-20-7-6-14(10-17(18)20)37-26(27,28)29/h6-7,10,15-16,18-19H,8-9,11-13H2,1-5H3,(H2,30,32)(H,31,35)/t15?,16-,18?,19-/m1/s1. The third-order valence-electron chi connectivity index (χ3n) is 7.13. The second kappa shape index (κ2) is 9.94.